The first-order valence-corrected chi connectivity index (χ1v) is 10.5. The van der Waals surface area contributed by atoms with Crippen molar-refractivity contribution in [2.45, 2.75) is 31.2 Å². The van der Waals surface area contributed by atoms with Gasteiger partial charge in [0.2, 0.25) is 5.91 Å². The van der Waals surface area contributed by atoms with E-state index in [0.29, 0.717) is 18.1 Å². The Kier molecular flexibility index (Phi) is 4.87. The van der Waals surface area contributed by atoms with Crippen LogP contribution in [-0.4, -0.2) is 54.3 Å². The summed E-state index contributed by atoms with van der Waals surface area (Å²) in [7, 11) is -1.42. The van der Waals surface area contributed by atoms with E-state index >= 15 is 0 Å². The molecule has 130 valence electrons. The van der Waals surface area contributed by atoms with Gasteiger partial charge in [-0.15, -0.1) is 0 Å². The van der Waals surface area contributed by atoms with Gasteiger partial charge in [-0.1, -0.05) is 30.8 Å². The lowest BCUT2D eigenvalue weighted by atomic mass is 10.1. The summed E-state index contributed by atoms with van der Waals surface area (Å²) in [5, 5.41) is 0.582. The Bertz CT molecular complexity index is 776. The number of amidine groups is 1. The highest BCUT2D eigenvalue weighted by molar-refractivity contribution is 8.15. The molecule has 2 heterocycles. The van der Waals surface area contributed by atoms with Gasteiger partial charge >= 0.3 is 0 Å². The first-order valence-electron chi connectivity index (χ1n) is 7.80. The number of ether oxygens (including phenoxy) is 1. The second-order valence-corrected chi connectivity index (χ2v) is 9.28. The molecule has 3 rings (SSSR count). The van der Waals surface area contributed by atoms with Gasteiger partial charge < -0.3 is 9.64 Å². The van der Waals surface area contributed by atoms with Crippen LogP contribution >= 0.6 is 11.8 Å². The van der Waals surface area contributed by atoms with E-state index in [0.717, 1.165) is 11.3 Å². The van der Waals surface area contributed by atoms with Crippen LogP contribution in [0.4, 0.5) is 0 Å². The van der Waals surface area contributed by atoms with Gasteiger partial charge in [0.05, 0.1) is 24.7 Å². The number of rotatable bonds is 4. The van der Waals surface area contributed by atoms with E-state index in [1.54, 1.807) is 14.0 Å². The van der Waals surface area contributed by atoms with Crippen molar-refractivity contribution in [2.24, 2.45) is 4.99 Å². The van der Waals surface area contributed by atoms with Gasteiger partial charge in [-0.25, -0.2) is 8.42 Å². The van der Waals surface area contributed by atoms with Crippen LogP contribution in [0.5, 0.6) is 5.75 Å². The summed E-state index contributed by atoms with van der Waals surface area (Å²) in [5.41, 5.74) is 0.997. The van der Waals surface area contributed by atoms with Crippen molar-refractivity contribution in [3.05, 3.63) is 29.8 Å². The number of hydrogen-bond donors (Lipinski definition) is 0. The van der Waals surface area contributed by atoms with Crippen molar-refractivity contribution in [3.8, 4) is 5.75 Å². The first-order chi connectivity index (χ1) is 11.4. The summed E-state index contributed by atoms with van der Waals surface area (Å²) in [6, 6.07) is 7.51. The molecule has 0 aromatic heterocycles. The van der Waals surface area contributed by atoms with Crippen LogP contribution in [0.1, 0.15) is 18.9 Å². The molecule has 24 heavy (non-hydrogen) atoms. The highest BCUT2D eigenvalue weighted by Crippen LogP contribution is 2.39. The third kappa shape index (κ3) is 3.59. The minimum Gasteiger partial charge on any atom is -0.497 e. The summed E-state index contributed by atoms with van der Waals surface area (Å²) in [5.74, 6) is 0.832. The number of aliphatic imine (C=N–C) groups is 1. The van der Waals surface area contributed by atoms with Crippen molar-refractivity contribution >= 4 is 32.7 Å². The average Bonchev–Trinajstić information content (AvgIpc) is 3.00. The third-order valence-corrected chi connectivity index (χ3v) is 7.43. The number of fused-ring (bicyclic) bond motifs is 1. The molecular weight excluding hydrogens is 348 g/mol. The predicted octanol–water partition coefficient (Wildman–Crippen LogP) is 1.70. The van der Waals surface area contributed by atoms with Gasteiger partial charge in [-0.3, -0.25) is 4.79 Å². The molecule has 2 atom stereocenters. The van der Waals surface area contributed by atoms with E-state index in [1.807, 2.05) is 29.2 Å². The van der Waals surface area contributed by atoms with Gasteiger partial charge in [0.15, 0.2) is 15.0 Å². The lowest BCUT2D eigenvalue weighted by Gasteiger charge is -2.24. The zero-order valence-electron chi connectivity index (χ0n) is 13.6. The molecule has 0 saturated carbocycles. The number of hydrogen-bond acceptors (Lipinski definition) is 5. The molecule has 0 N–H and O–H groups in total. The molecule has 1 aromatic rings. The molecule has 2 saturated heterocycles. The largest absolute Gasteiger partial charge is 0.497 e. The van der Waals surface area contributed by atoms with Gasteiger partial charge in [0.1, 0.15) is 5.75 Å². The molecule has 0 spiro atoms. The maximum Gasteiger partial charge on any atom is 0.247 e. The highest BCUT2D eigenvalue weighted by Gasteiger charge is 2.48. The van der Waals surface area contributed by atoms with Crippen LogP contribution in [-0.2, 0) is 21.2 Å². The van der Waals surface area contributed by atoms with E-state index in [4.69, 9.17) is 4.74 Å². The predicted molar refractivity (Wildman–Crippen MR) is 95.1 cm³/mol. The lowest BCUT2D eigenvalue weighted by molar-refractivity contribution is -0.117. The Balaban J connectivity index is 1.89. The average molecular weight is 368 g/mol. The number of methoxy groups -OCH3 is 1. The van der Waals surface area contributed by atoms with Crippen LogP contribution in [0.2, 0.25) is 0 Å². The van der Waals surface area contributed by atoms with Crippen LogP contribution in [0.15, 0.2) is 29.3 Å². The maximum atomic E-state index is 12.0. The van der Waals surface area contributed by atoms with Gasteiger partial charge in [0, 0.05) is 18.2 Å². The molecule has 0 bridgehead atoms. The second-order valence-electron chi connectivity index (χ2n) is 5.92. The Morgan fingerprint density at radius 2 is 2.21 bits per heavy atom. The zero-order valence-corrected chi connectivity index (χ0v) is 15.3. The molecule has 0 radical (unpaired) electrons. The number of benzene rings is 1. The van der Waals surface area contributed by atoms with Crippen molar-refractivity contribution < 1.29 is 17.9 Å². The number of carbonyl (C=O) groups is 1. The number of sulfone groups is 1. The van der Waals surface area contributed by atoms with E-state index in [2.05, 4.69) is 4.99 Å². The SMILES string of the molecule is CCC(=O)N=C1S[C@H]2CS(=O)(=O)C[C@H]2N1Cc1cccc(OC)c1. The Morgan fingerprint density at radius 3 is 2.92 bits per heavy atom. The molecule has 6 nitrogen and oxygen atoms in total. The molecule has 1 amide bonds. The number of thioether (sulfide) groups is 1. The Morgan fingerprint density at radius 1 is 1.42 bits per heavy atom. The number of nitrogens with zero attached hydrogens (tertiary/aromatic N) is 2. The van der Waals surface area contributed by atoms with Crippen molar-refractivity contribution in [2.75, 3.05) is 18.6 Å². The quantitative estimate of drug-likeness (QED) is 0.805. The van der Waals surface area contributed by atoms with Crippen LogP contribution in [0.25, 0.3) is 0 Å². The van der Waals surface area contributed by atoms with Gasteiger partial charge in [0.25, 0.3) is 0 Å². The molecule has 1 aromatic carbocycles. The minimum absolute atomic E-state index is 0.0518. The molecular formula is C16H20N2O4S2. The molecule has 2 aliphatic rings. The van der Waals surface area contributed by atoms with Gasteiger partial charge in [-0.2, -0.15) is 4.99 Å². The fourth-order valence-electron chi connectivity index (χ4n) is 2.97. The maximum absolute atomic E-state index is 12.0. The minimum atomic E-state index is -3.03. The topological polar surface area (TPSA) is 76.0 Å². The Labute approximate surface area is 146 Å². The van der Waals surface area contributed by atoms with E-state index < -0.39 is 9.84 Å². The molecule has 0 aliphatic carbocycles. The van der Waals surface area contributed by atoms with Crippen LogP contribution in [0, 0.1) is 0 Å². The van der Waals surface area contributed by atoms with Crippen LogP contribution in [0.3, 0.4) is 0 Å². The van der Waals surface area contributed by atoms with Crippen molar-refractivity contribution in [3.63, 3.8) is 0 Å². The third-order valence-electron chi connectivity index (χ3n) is 4.18. The smallest absolute Gasteiger partial charge is 0.247 e. The Hall–Kier alpha value is -1.54. The summed E-state index contributed by atoms with van der Waals surface area (Å²) < 4.78 is 29.2. The standard InChI is InChI=1S/C16H20N2O4S2/c1-3-15(19)17-16-18(8-11-5-4-6-12(7-11)22-2)13-9-24(20,21)10-14(13)23-16/h4-7,13-14H,3,8-10H2,1-2H3/t13-,14+/m1/s1. The van der Waals surface area contributed by atoms with Gasteiger partial charge in [-0.05, 0) is 17.7 Å². The molecule has 0 unspecified atom stereocenters. The highest BCUT2D eigenvalue weighted by atomic mass is 32.2. The lowest BCUT2D eigenvalue weighted by Crippen LogP contribution is -2.37. The summed E-state index contributed by atoms with van der Waals surface area (Å²) in [4.78, 5) is 17.9. The summed E-state index contributed by atoms with van der Waals surface area (Å²) >= 11 is 1.41. The fraction of sp³-hybridized carbons (Fsp3) is 0.500. The zero-order chi connectivity index (χ0) is 17.3. The van der Waals surface area contributed by atoms with Crippen molar-refractivity contribution in [1.29, 1.82) is 0 Å². The van der Waals surface area contributed by atoms with E-state index in [1.165, 1.54) is 11.8 Å². The van der Waals surface area contributed by atoms with Crippen LogP contribution < -0.4 is 4.74 Å². The molecule has 8 heteroatoms. The van der Waals surface area contributed by atoms with E-state index in [-0.39, 0.29) is 28.7 Å². The summed E-state index contributed by atoms with van der Waals surface area (Å²) in [6.07, 6.45) is 0.338. The molecule has 2 aliphatic heterocycles. The normalized spacial score (nSPS) is 26.6. The monoisotopic (exact) mass is 368 g/mol. The molecule has 2 fully saturated rings. The van der Waals surface area contributed by atoms with Crippen molar-refractivity contribution in [1.82, 2.24) is 4.90 Å². The number of carbonyl (C=O) groups excluding carboxylic acids is 1. The first kappa shape index (κ1) is 17.3. The van der Waals surface area contributed by atoms with E-state index in [9.17, 15) is 13.2 Å². The fourth-order valence-corrected chi connectivity index (χ4v) is 6.94. The second kappa shape index (κ2) is 6.76. The summed E-state index contributed by atoms with van der Waals surface area (Å²) in [6.45, 7) is 2.28. The number of amides is 1.